The summed E-state index contributed by atoms with van der Waals surface area (Å²) in [6.45, 7) is 16.4. The van der Waals surface area contributed by atoms with E-state index in [9.17, 15) is 0 Å². The van der Waals surface area contributed by atoms with Crippen molar-refractivity contribution in [3.05, 3.63) is 0 Å². The number of rotatable bonds is 6. The molecule has 154 valence electrons. The zero-order chi connectivity index (χ0) is 18.3. The minimum absolute atomic E-state index is 0. The van der Waals surface area contributed by atoms with E-state index in [1.165, 1.54) is 64.8 Å². The Morgan fingerprint density at radius 1 is 1.15 bits per heavy atom. The van der Waals surface area contributed by atoms with Gasteiger partial charge in [0.15, 0.2) is 5.96 Å². The predicted molar refractivity (Wildman–Crippen MR) is 124 cm³/mol. The molecule has 0 aromatic rings. The van der Waals surface area contributed by atoms with Crippen LogP contribution in [0.1, 0.15) is 59.8 Å². The molecule has 0 aromatic carbocycles. The molecule has 2 saturated heterocycles. The van der Waals surface area contributed by atoms with Gasteiger partial charge in [0.25, 0.3) is 0 Å². The van der Waals surface area contributed by atoms with Crippen LogP contribution in [-0.2, 0) is 0 Å². The Balaban J connectivity index is 0.00000338. The number of likely N-dealkylation sites (tertiary alicyclic amines) is 2. The van der Waals surface area contributed by atoms with Crippen LogP contribution in [0.5, 0.6) is 0 Å². The van der Waals surface area contributed by atoms with Gasteiger partial charge in [-0.1, -0.05) is 13.8 Å². The summed E-state index contributed by atoms with van der Waals surface area (Å²) >= 11 is 0. The third-order valence-corrected chi connectivity index (χ3v) is 5.89. The average molecular weight is 479 g/mol. The van der Waals surface area contributed by atoms with Crippen molar-refractivity contribution in [2.45, 2.75) is 71.4 Å². The highest BCUT2D eigenvalue weighted by Gasteiger charge is 2.30. The van der Waals surface area contributed by atoms with E-state index in [1.807, 2.05) is 7.05 Å². The third kappa shape index (κ3) is 7.50. The second-order valence-corrected chi connectivity index (χ2v) is 8.69. The molecule has 1 unspecified atom stereocenters. The maximum atomic E-state index is 4.46. The zero-order valence-corrected chi connectivity index (χ0v) is 20.0. The lowest BCUT2D eigenvalue weighted by atomic mass is 9.93. The van der Waals surface area contributed by atoms with Gasteiger partial charge in [0.2, 0.25) is 0 Å². The molecule has 0 bridgehead atoms. The fraction of sp³-hybridized carbons (Fsp3) is 0.950. The van der Waals surface area contributed by atoms with E-state index in [2.05, 4.69) is 53.1 Å². The summed E-state index contributed by atoms with van der Waals surface area (Å²) in [5.41, 5.74) is 0.163. The molecule has 0 spiro atoms. The Kier molecular flexibility index (Phi) is 10.8. The van der Waals surface area contributed by atoms with E-state index < -0.39 is 0 Å². The lowest BCUT2D eigenvalue weighted by Crippen LogP contribution is -2.57. The molecule has 26 heavy (non-hydrogen) atoms. The van der Waals surface area contributed by atoms with Gasteiger partial charge < -0.3 is 15.5 Å². The molecule has 0 amide bonds. The maximum Gasteiger partial charge on any atom is 0.191 e. The molecule has 0 aromatic heterocycles. The second-order valence-electron chi connectivity index (χ2n) is 8.69. The molecule has 2 heterocycles. The van der Waals surface area contributed by atoms with Crippen molar-refractivity contribution < 1.29 is 0 Å². The van der Waals surface area contributed by atoms with Gasteiger partial charge in [-0.15, -0.1) is 24.0 Å². The van der Waals surface area contributed by atoms with Crippen LogP contribution in [0, 0.1) is 5.92 Å². The number of hydrogen-bond acceptors (Lipinski definition) is 3. The Labute approximate surface area is 178 Å². The van der Waals surface area contributed by atoms with Crippen molar-refractivity contribution in [1.29, 1.82) is 0 Å². The minimum Gasteiger partial charge on any atom is -0.355 e. The highest BCUT2D eigenvalue weighted by atomic mass is 127. The first-order valence-electron chi connectivity index (χ1n) is 10.4. The van der Waals surface area contributed by atoms with Crippen molar-refractivity contribution >= 4 is 29.9 Å². The molecule has 1 atom stereocenters. The zero-order valence-electron chi connectivity index (χ0n) is 17.7. The normalized spacial score (nSPS) is 24.2. The van der Waals surface area contributed by atoms with Crippen LogP contribution in [0.2, 0.25) is 0 Å². The monoisotopic (exact) mass is 479 g/mol. The molecule has 6 heteroatoms. The Morgan fingerprint density at radius 3 is 2.42 bits per heavy atom. The van der Waals surface area contributed by atoms with Crippen LogP contribution in [0.3, 0.4) is 0 Å². The molecule has 0 aliphatic carbocycles. The van der Waals surface area contributed by atoms with Crippen molar-refractivity contribution in [2.75, 3.05) is 46.3 Å². The van der Waals surface area contributed by atoms with Crippen LogP contribution in [-0.4, -0.2) is 73.7 Å². The summed E-state index contributed by atoms with van der Waals surface area (Å²) in [7, 11) is 1.89. The SMILES string of the molecule is CCCN1CCC(NC(=NC)NCC(C)(C)N2CCCC(C)C2)CC1.I. The summed E-state index contributed by atoms with van der Waals surface area (Å²) < 4.78 is 0. The standard InChI is InChI=1S/C20H41N5.HI/c1-6-11-24-13-9-18(10-14-24)23-19(21-5)22-16-20(3,4)25-12-7-8-17(2)15-25;/h17-18H,6-16H2,1-5H3,(H2,21,22,23);1H. The number of halogens is 1. The van der Waals surface area contributed by atoms with E-state index in [1.54, 1.807) is 0 Å². The van der Waals surface area contributed by atoms with E-state index in [0.717, 1.165) is 18.4 Å². The van der Waals surface area contributed by atoms with Crippen LogP contribution in [0.25, 0.3) is 0 Å². The summed E-state index contributed by atoms with van der Waals surface area (Å²) in [6.07, 6.45) is 6.39. The van der Waals surface area contributed by atoms with Gasteiger partial charge in [-0.3, -0.25) is 9.89 Å². The van der Waals surface area contributed by atoms with Crippen molar-refractivity contribution in [2.24, 2.45) is 10.9 Å². The summed E-state index contributed by atoms with van der Waals surface area (Å²) in [5, 5.41) is 7.24. The van der Waals surface area contributed by atoms with E-state index in [-0.39, 0.29) is 29.5 Å². The van der Waals surface area contributed by atoms with Crippen molar-refractivity contribution in [3.63, 3.8) is 0 Å². The molecule has 2 aliphatic rings. The van der Waals surface area contributed by atoms with Crippen LogP contribution >= 0.6 is 24.0 Å². The summed E-state index contributed by atoms with van der Waals surface area (Å²) in [4.78, 5) is 9.68. The highest BCUT2D eigenvalue weighted by molar-refractivity contribution is 14.0. The number of guanidine groups is 1. The molecule has 0 saturated carbocycles. The smallest absolute Gasteiger partial charge is 0.191 e. The molecule has 2 fully saturated rings. The molecule has 2 N–H and O–H groups in total. The Bertz CT molecular complexity index is 418. The first kappa shape index (κ1) is 24.0. The molecule has 5 nitrogen and oxygen atoms in total. The van der Waals surface area contributed by atoms with Crippen LogP contribution in [0.15, 0.2) is 4.99 Å². The first-order chi connectivity index (χ1) is 11.9. The van der Waals surface area contributed by atoms with Gasteiger partial charge in [-0.25, -0.2) is 0 Å². The van der Waals surface area contributed by atoms with E-state index in [0.29, 0.717) is 6.04 Å². The number of piperidine rings is 2. The maximum absolute atomic E-state index is 4.46. The highest BCUT2D eigenvalue weighted by Crippen LogP contribution is 2.23. The second kappa shape index (κ2) is 11.7. The number of hydrogen-bond donors (Lipinski definition) is 2. The molecular formula is C20H42IN5. The van der Waals surface area contributed by atoms with E-state index in [4.69, 9.17) is 0 Å². The van der Waals surface area contributed by atoms with E-state index >= 15 is 0 Å². The van der Waals surface area contributed by atoms with Crippen LogP contribution in [0.4, 0.5) is 0 Å². The van der Waals surface area contributed by atoms with Gasteiger partial charge in [0.05, 0.1) is 0 Å². The predicted octanol–water partition coefficient (Wildman–Crippen LogP) is 3.15. The molecule has 0 radical (unpaired) electrons. The van der Waals surface area contributed by atoms with Gasteiger partial charge in [0, 0.05) is 44.8 Å². The van der Waals surface area contributed by atoms with Gasteiger partial charge in [-0.2, -0.15) is 0 Å². The quantitative estimate of drug-likeness (QED) is 0.349. The number of nitrogens with zero attached hydrogens (tertiary/aromatic N) is 3. The Hall–Kier alpha value is -0.0800. The fourth-order valence-corrected chi connectivity index (χ4v) is 4.16. The van der Waals surface area contributed by atoms with Crippen LogP contribution < -0.4 is 10.6 Å². The Morgan fingerprint density at radius 2 is 1.85 bits per heavy atom. The summed E-state index contributed by atoms with van der Waals surface area (Å²) in [6, 6.07) is 0.553. The molecule has 2 aliphatic heterocycles. The average Bonchev–Trinajstić information content (AvgIpc) is 2.60. The molecule has 2 rings (SSSR count). The third-order valence-electron chi connectivity index (χ3n) is 5.89. The van der Waals surface area contributed by atoms with Gasteiger partial charge in [-0.05, 0) is 65.0 Å². The largest absolute Gasteiger partial charge is 0.355 e. The fourth-order valence-electron chi connectivity index (χ4n) is 4.16. The van der Waals surface area contributed by atoms with Crippen molar-refractivity contribution in [1.82, 2.24) is 20.4 Å². The lowest BCUT2D eigenvalue weighted by Gasteiger charge is -2.43. The lowest BCUT2D eigenvalue weighted by molar-refractivity contribution is 0.0739. The topological polar surface area (TPSA) is 42.9 Å². The number of aliphatic imine (C=N–C) groups is 1. The first-order valence-corrected chi connectivity index (χ1v) is 10.4. The number of nitrogens with one attached hydrogen (secondary N) is 2. The van der Waals surface area contributed by atoms with Crippen molar-refractivity contribution in [3.8, 4) is 0 Å². The van der Waals surface area contributed by atoms with Gasteiger partial charge >= 0.3 is 0 Å². The van der Waals surface area contributed by atoms with Gasteiger partial charge in [0.1, 0.15) is 0 Å². The molecular weight excluding hydrogens is 437 g/mol. The summed E-state index contributed by atoms with van der Waals surface area (Å²) in [5.74, 6) is 1.78. The minimum atomic E-state index is 0.